The molecule has 11 heavy (non-hydrogen) atoms. The average molecular weight is 157 g/mol. The average Bonchev–Trinajstić information content (AvgIpc) is 1.88. The van der Waals surface area contributed by atoms with Crippen LogP contribution in [0.25, 0.3) is 0 Å². The van der Waals surface area contributed by atoms with Crippen LogP contribution in [0.15, 0.2) is 0 Å². The molecule has 2 N–H and O–H groups in total. The molecule has 0 aromatic carbocycles. The third-order valence-electron chi connectivity index (χ3n) is 1.45. The summed E-state index contributed by atoms with van der Waals surface area (Å²) < 4.78 is 0. The van der Waals surface area contributed by atoms with Crippen LogP contribution in [0, 0.1) is 17.2 Å². The van der Waals surface area contributed by atoms with Gasteiger partial charge in [0, 0.05) is 0 Å². The first-order chi connectivity index (χ1) is 5.11. The number of aliphatic carboxylic acids is 1. The lowest BCUT2D eigenvalue weighted by molar-refractivity contribution is -0.139. The fraction of sp³-hybridized carbons (Fsp3) is 0.714. The van der Waals surface area contributed by atoms with Crippen molar-refractivity contribution >= 4 is 5.97 Å². The van der Waals surface area contributed by atoms with Crippen molar-refractivity contribution in [3.8, 4) is 6.07 Å². The van der Waals surface area contributed by atoms with Crippen LogP contribution in [0.5, 0.6) is 0 Å². The van der Waals surface area contributed by atoms with Crippen molar-refractivity contribution < 1.29 is 15.0 Å². The number of hydrogen-bond donors (Lipinski definition) is 2. The summed E-state index contributed by atoms with van der Waals surface area (Å²) in [4.78, 5) is 10.1. The fourth-order valence-electron chi connectivity index (χ4n) is 0.771. The van der Waals surface area contributed by atoms with Gasteiger partial charge in [0.25, 0.3) is 0 Å². The highest BCUT2D eigenvalue weighted by Crippen LogP contribution is 2.10. The number of hydrogen-bond acceptors (Lipinski definition) is 3. The molecule has 0 spiro atoms. The summed E-state index contributed by atoms with van der Waals surface area (Å²) in [5, 5.41) is 25.7. The van der Waals surface area contributed by atoms with E-state index in [0.29, 0.717) is 6.42 Å². The summed E-state index contributed by atoms with van der Waals surface area (Å²) >= 11 is 0. The number of carbonyl (C=O) groups is 1. The van der Waals surface area contributed by atoms with Crippen molar-refractivity contribution in [3.05, 3.63) is 0 Å². The molecule has 0 unspecified atom stereocenters. The lowest BCUT2D eigenvalue weighted by Gasteiger charge is -2.11. The van der Waals surface area contributed by atoms with E-state index >= 15 is 0 Å². The van der Waals surface area contributed by atoms with Crippen LogP contribution in [0.3, 0.4) is 0 Å². The van der Waals surface area contributed by atoms with Gasteiger partial charge in [0.05, 0.1) is 24.5 Å². The van der Waals surface area contributed by atoms with Gasteiger partial charge in [0.15, 0.2) is 0 Å². The topological polar surface area (TPSA) is 81.3 Å². The van der Waals surface area contributed by atoms with E-state index < -0.39 is 18.0 Å². The molecule has 0 heterocycles. The van der Waals surface area contributed by atoms with Gasteiger partial charge in [-0.2, -0.15) is 5.26 Å². The maximum atomic E-state index is 10.1. The molecule has 4 heteroatoms. The Kier molecular flexibility index (Phi) is 4.23. The third kappa shape index (κ3) is 3.58. The Morgan fingerprint density at radius 1 is 1.73 bits per heavy atom. The first-order valence-corrected chi connectivity index (χ1v) is 3.41. The van der Waals surface area contributed by atoms with Crippen molar-refractivity contribution in [1.82, 2.24) is 0 Å². The van der Waals surface area contributed by atoms with Gasteiger partial charge in [0.1, 0.15) is 0 Å². The Morgan fingerprint density at radius 2 is 2.27 bits per heavy atom. The highest BCUT2D eigenvalue weighted by molar-refractivity contribution is 5.67. The number of nitrogens with zero attached hydrogens (tertiary/aromatic N) is 1. The summed E-state index contributed by atoms with van der Waals surface area (Å²) in [6.07, 6.45) is -0.917. The molecule has 0 fully saturated rings. The minimum atomic E-state index is -1.08. The van der Waals surface area contributed by atoms with Gasteiger partial charge in [0.2, 0.25) is 0 Å². The molecule has 0 radical (unpaired) electrons. The van der Waals surface area contributed by atoms with Crippen LogP contribution < -0.4 is 0 Å². The SMILES string of the molecule is CC[C@H](C#N)[C@H](O)CC(=O)O. The fourth-order valence-corrected chi connectivity index (χ4v) is 0.771. The van der Waals surface area contributed by atoms with Crippen LogP contribution >= 0.6 is 0 Å². The molecule has 0 aromatic heterocycles. The summed E-state index contributed by atoms with van der Waals surface area (Å²) in [6, 6.07) is 1.84. The van der Waals surface area contributed by atoms with E-state index in [9.17, 15) is 4.79 Å². The molecule has 0 saturated heterocycles. The second kappa shape index (κ2) is 4.69. The van der Waals surface area contributed by atoms with E-state index in [-0.39, 0.29) is 6.42 Å². The molecule has 0 aliphatic rings. The van der Waals surface area contributed by atoms with Crippen LogP contribution in [-0.2, 0) is 4.79 Å². The quantitative estimate of drug-likeness (QED) is 0.617. The number of aliphatic hydroxyl groups is 1. The summed E-state index contributed by atoms with van der Waals surface area (Å²) in [5.41, 5.74) is 0. The molecule has 0 saturated carbocycles. The Balaban J connectivity index is 3.91. The molecule has 2 atom stereocenters. The molecule has 62 valence electrons. The molecule has 0 aliphatic heterocycles. The molecular formula is C7H11NO3. The van der Waals surface area contributed by atoms with Crippen molar-refractivity contribution in [2.75, 3.05) is 0 Å². The molecule has 4 nitrogen and oxygen atoms in total. The van der Waals surface area contributed by atoms with Gasteiger partial charge in [-0.05, 0) is 6.42 Å². The predicted molar refractivity (Wildman–Crippen MR) is 37.7 cm³/mol. The summed E-state index contributed by atoms with van der Waals surface area (Å²) in [6.45, 7) is 1.74. The molecule has 0 aromatic rings. The Morgan fingerprint density at radius 3 is 2.55 bits per heavy atom. The Hall–Kier alpha value is -1.08. The lowest BCUT2D eigenvalue weighted by Crippen LogP contribution is -2.21. The molecule has 0 amide bonds. The van der Waals surface area contributed by atoms with Crippen molar-refractivity contribution in [1.29, 1.82) is 5.26 Å². The normalized spacial score (nSPS) is 15.0. The predicted octanol–water partition coefficient (Wildman–Crippen LogP) is 0.372. The van der Waals surface area contributed by atoms with Crippen LogP contribution in [0.2, 0.25) is 0 Å². The third-order valence-corrected chi connectivity index (χ3v) is 1.45. The van der Waals surface area contributed by atoms with Crippen LogP contribution in [0.4, 0.5) is 0 Å². The van der Waals surface area contributed by atoms with Crippen LogP contribution in [-0.4, -0.2) is 22.3 Å². The van der Waals surface area contributed by atoms with E-state index in [4.69, 9.17) is 15.5 Å². The van der Waals surface area contributed by atoms with Gasteiger partial charge in [-0.25, -0.2) is 0 Å². The van der Waals surface area contributed by atoms with Gasteiger partial charge in [-0.15, -0.1) is 0 Å². The largest absolute Gasteiger partial charge is 0.481 e. The van der Waals surface area contributed by atoms with E-state index in [1.807, 2.05) is 6.07 Å². The zero-order valence-electron chi connectivity index (χ0n) is 6.32. The zero-order chi connectivity index (χ0) is 8.85. The smallest absolute Gasteiger partial charge is 0.306 e. The number of carboxylic acid groups (broad SMARTS) is 1. The highest BCUT2D eigenvalue weighted by atomic mass is 16.4. The molecular weight excluding hydrogens is 146 g/mol. The van der Waals surface area contributed by atoms with Gasteiger partial charge < -0.3 is 10.2 Å². The van der Waals surface area contributed by atoms with Crippen molar-refractivity contribution in [2.24, 2.45) is 5.92 Å². The maximum Gasteiger partial charge on any atom is 0.306 e. The van der Waals surface area contributed by atoms with Crippen molar-refractivity contribution in [3.63, 3.8) is 0 Å². The molecule has 0 rings (SSSR count). The Labute approximate surface area is 65.1 Å². The number of rotatable bonds is 4. The van der Waals surface area contributed by atoms with Gasteiger partial charge >= 0.3 is 5.97 Å². The lowest BCUT2D eigenvalue weighted by atomic mass is 9.99. The minimum Gasteiger partial charge on any atom is -0.481 e. The second-order valence-corrected chi connectivity index (χ2v) is 2.31. The number of nitriles is 1. The molecule has 0 bridgehead atoms. The maximum absolute atomic E-state index is 10.1. The van der Waals surface area contributed by atoms with E-state index in [2.05, 4.69) is 0 Å². The Bertz CT molecular complexity index is 173. The van der Waals surface area contributed by atoms with Gasteiger partial charge in [-0.3, -0.25) is 4.79 Å². The molecule has 0 aliphatic carbocycles. The van der Waals surface area contributed by atoms with Gasteiger partial charge in [-0.1, -0.05) is 6.92 Å². The van der Waals surface area contributed by atoms with Crippen molar-refractivity contribution in [2.45, 2.75) is 25.9 Å². The zero-order valence-corrected chi connectivity index (χ0v) is 6.32. The minimum absolute atomic E-state index is 0.355. The van der Waals surface area contributed by atoms with Crippen LogP contribution in [0.1, 0.15) is 19.8 Å². The van der Waals surface area contributed by atoms with E-state index in [1.165, 1.54) is 0 Å². The monoisotopic (exact) mass is 157 g/mol. The summed E-state index contributed by atoms with van der Waals surface area (Å²) in [7, 11) is 0. The standard InChI is InChI=1S/C7H11NO3/c1-2-5(4-8)6(9)3-7(10)11/h5-6,9H,2-3H2,1H3,(H,10,11)/t5-,6-/m1/s1. The number of aliphatic hydroxyl groups excluding tert-OH is 1. The summed E-state index contributed by atoms with van der Waals surface area (Å²) in [5.74, 6) is -1.64. The highest BCUT2D eigenvalue weighted by Gasteiger charge is 2.19. The first kappa shape index (κ1) is 9.92. The second-order valence-electron chi connectivity index (χ2n) is 2.31. The van der Waals surface area contributed by atoms with E-state index in [1.54, 1.807) is 6.92 Å². The first-order valence-electron chi connectivity index (χ1n) is 3.41. The van der Waals surface area contributed by atoms with E-state index in [0.717, 1.165) is 0 Å². The number of carboxylic acids is 1.